The third-order valence-corrected chi connectivity index (χ3v) is 3.80. The lowest BCUT2D eigenvalue weighted by Gasteiger charge is -2.16. The molecular weight excluding hydrogens is 320 g/mol. The van der Waals surface area contributed by atoms with Crippen LogP contribution >= 0.6 is 0 Å². The second-order valence-electron chi connectivity index (χ2n) is 5.68. The quantitative estimate of drug-likeness (QED) is 0.634. The third kappa shape index (κ3) is 4.06. The fraction of sp³-hybridized carbons (Fsp3) is 0.375. The van der Waals surface area contributed by atoms with Gasteiger partial charge in [0.2, 0.25) is 5.91 Å². The predicted molar refractivity (Wildman–Crippen MR) is 89.5 cm³/mol. The molecule has 1 unspecified atom stereocenters. The highest BCUT2D eigenvalue weighted by Gasteiger charge is 2.23. The van der Waals surface area contributed by atoms with Gasteiger partial charge < -0.3 is 5.32 Å². The zero-order valence-electron chi connectivity index (χ0n) is 14.2. The summed E-state index contributed by atoms with van der Waals surface area (Å²) in [6.07, 6.45) is 2.20. The Kier molecular flexibility index (Phi) is 5.12. The summed E-state index contributed by atoms with van der Waals surface area (Å²) < 4.78 is 3.30. The Morgan fingerprint density at radius 3 is 2.68 bits per heavy atom. The summed E-state index contributed by atoms with van der Waals surface area (Å²) in [5, 5.41) is 18.4. The van der Waals surface area contributed by atoms with E-state index in [9.17, 15) is 4.79 Å². The van der Waals surface area contributed by atoms with E-state index in [1.807, 2.05) is 48.9 Å². The van der Waals surface area contributed by atoms with Crippen molar-refractivity contribution < 1.29 is 4.79 Å². The summed E-state index contributed by atoms with van der Waals surface area (Å²) in [4.78, 5) is 16.9. The van der Waals surface area contributed by atoms with Crippen molar-refractivity contribution >= 4 is 5.91 Å². The first-order valence-electron chi connectivity index (χ1n) is 8.08. The first-order valence-corrected chi connectivity index (χ1v) is 8.08. The molecule has 0 radical (unpaired) electrons. The first-order chi connectivity index (χ1) is 12.1. The molecule has 1 N–H and O–H groups in total. The maximum Gasteiger partial charge on any atom is 0.249 e. The third-order valence-electron chi connectivity index (χ3n) is 3.80. The number of aryl methyl sites for hydroxylation is 3. The molecule has 25 heavy (non-hydrogen) atoms. The molecule has 3 rings (SSSR count). The van der Waals surface area contributed by atoms with E-state index in [-0.39, 0.29) is 5.91 Å². The van der Waals surface area contributed by atoms with Crippen molar-refractivity contribution in [2.75, 3.05) is 6.54 Å². The van der Waals surface area contributed by atoms with Crippen LogP contribution in [0.3, 0.4) is 0 Å². The van der Waals surface area contributed by atoms with Crippen molar-refractivity contribution in [1.82, 2.24) is 40.3 Å². The van der Waals surface area contributed by atoms with Crippen LogP contribution in [0.1, 0.15) is 29.7 Å². The van der Waals surface area contributed by atoms with E-state index in [1.54, 1.807) is 0 Å². The van der Waals surface area contributed by atoms with E-state index in [0.717, 1.165) is 23.6 Å². The van der Waals surface area contributed by atoms with Crippen molar-refractivity contribution in [2.45, 2.75) is 32.9 Å². The molecule has 0 saturated heterocycles. The number of nitrogens with zero attached hydrogens (tertiary/aromatic N) is 7. The Balaban J connectivity index is 1.60. The van der Waals surface area contributed by atoms with Crippen LogP contribution in [0.2, 0.25) is 0 Å². The molecule has 0 saturated carbocycles. The molecule has 3 aromatic rings. The summed E-state index contributed by atoms with van der Waals surface area (Å²) in [6.45, 7) is 5.01. The molecule has 0 fully saturated rings. The van der Waals surface area contributed by atoms with Gasteiger partial charge in [0, 0.05) is 13.1 Å². The van der Waals surface area contributed by atoms with Gasteiger partial charge in [0.25, 0.3) is 0 Å². The fourth-order valence-electron chi connectivity index (χ4n) is 2.66. The van der Waals surface area contributed by atoms with Crippen LogP contribution in [-0.2, 0) is 11.3 Å². The minimum Gasteiger partial charge on any atom is -0.354 e. The van der Waals surface area contributed by atoms with Gasteiger partial charge >= 0.3 is 0 Å². The smallest absolute Gasteiger partial charge is 0.249 e. The fourth-order valence-corrected chi connectivity index (χ4v) is 2.66. The van der Waals surface area contributed by atoms with Crippen LogP contribution in [0.5, 0.6) is 0 Å². The van der Waals surface area contributed by atoms with E-state index in [2.05, 4.69) is 30.9 Å². The molecule has 9 nitrogen and oxygen atoms in total. The Bertz CT molecular complexity index is 812. The lowest BCUT2D eigenvalue weighted by Crippen LogP contribution is -2.34. The van der Waals surface area contributed by atoms with Crippen LogP contribution in [0.15, 0.2) is 36.7 Å². The number of aromatic nitrogens is 7. The van der Waals surface area contributed by atoms with Gasteiger partial charge in [0.15, 0.2) is 6.04 Å². The summed E-state index contributed by atoms with van der Waals surface area (Å²) in [5.74, 6) is 1.48. The molecule has 0 aliphatic heterocycles. The highest BCUT2D eigenvalue weighted by atomic mass is 16.2. The van der Waals surface area contributed by atoms with E-state index in [0.29, 0.717) is 13.1 Å². The number of rotatable bonds is 7. The minimum atomic E-state index is -0.591. The number of carbonyl (C=O) groups is 1. The Morgan fingerprint density at radius 1 is 1.24 bits per heavy atom. The van der Waals surface area contributed by atoms with Gasteiger partial charge in [0.05, 0.1) is 0 Å². The van der Waals surface area contributed by atoms with Gasteiger partial charge in [-0.1, -0.05) is 30.3 Å². The van der Waals surface area contributed by atoms with E-state index in [4.69, 9.17) is 0 Å². The van der Waals surface area contributed by atoms with Crippen molar-refractivity contribution in [1.29, 1.82) is 0 Å². The molecule has 2 heterocycles. The number of carbonyl (C=O) groups excluding carboxylic acids is 1. The standard InChI is InChI=1S/C16H20N8O/c1-12-19-13(2)23(20-12)10-6-9-17-16(25)15(24-11-18-21-22-24)14-7-4-3-5-8-14/h3-5,7-8,11,15H,6,9-10H2,1-2H3,(H,17,25). The Labute approximate surface area is 145 Å². The SMILES string of the molecule is Cc1nc(C)n(CCCNC(=O)C(c2ccccc2)n2cnnn2)n1. The molecule has 2 aromatic heterocycles. The lowest BCUT2D eigenvalue weighted by molar-refractivity contribution is -0.123. The summed E-state index contributed by atoms with van der Waals surface area (Å²) >= 11 is 0. The van der Waals surface area contributed by atoms with Crippen molar-refractivity contribution in [3.63, 3.8) is 0 Å². The molecule has 0 bridgehead atoms. The Hall–Kier alpha value is -3.10. The molecular formula is C16H20N8O. The maximum atomic E-state index is 12.7. The van der Waals surface area contributed by atoms with Crippen molar-refractivity contribution in [3.8, 4) is 0 Å². The minimum absolute atomic E-state index is 0.148. The summed E-state index contributed by atoms with van der Waals surface area (Å²) in [5.41, 5.74) is 0.829. The zero-order chi connectivity index (χ0) is 17.6. The second-order valence-corrected chi connectivity index (χ2v) is 5.68. The predicted octanol–water partition coefficient (Wildman–Crippen LogP) is 0.677. The average molecular weight is 340 g/mol. The zero-order valence-corrected chi connectivity index (χ0v) is 14.2. The monoisotopic (exact) mass is 340 g/mol. The van der Waals surface area contributed by atoms with Gasteiger partial charge in [-0.05, 0) is 36.3 Å². The van der Waals surface area contributed by atoms with Crippen molar-refractivity contribution in [3.05, 3.63) is 53.9 Å². The normalized spacial score (nSPS) is 12.1. The summed E-state index contributed by atoms with van der Waals surface area (Å²) in [7, 11) is 0. The average Bonchev–Trinajstić information content (AvgIpc) is 3.23. The number of hydrogen-bond acceptors (Lipinski definition) is 6. The maximum absolute atomic E-state index is 12.7. The van der Waals surface area contributed by atoms with Crippen LogP contribution in [0.25, 0.3) is 0 Å². The number of tetrazole rings is 1. The second kappa shape index (κ2) is 7.65. The molecule has 1 amide bonds. The topological polar surface area (TPSA) is 103 Å². The number of amides is 1. The van der Waals surface area contributed by atoms with Crippen LogP contribution in [-0.4, -0.2) is 47.4 Å². The number of hydrogen-bond donors (Lipinski definition) is 1. The van der Waals surface area contributed by atoms with Crippen LogP contribution in [0.4, 0.5) is 0 Å². The molecule has 0 aliphatic rings. The van der Waals surface area contributed by atoms with Gasteiger partial charge in [-0.25, -0.2) is 9.67 Å². The first kappa shape index (κ1) is 16.7. The molecule has 1 aromatic carbocycles. The number of benzene rings is 1. The molecule has 9 heteroatoms. The number of nitrogens with one attached hydrogen (secondary N) is 1. The van der Waals surface area contributed by atoms with Crippen LogP contribution < -0.4 is 5.32 Å². The lowest BCUT2D eigenvalue weighted by atomic mass is 10.1. The van der Waals surface area contributed by atoms with Gasteiger partial charge in [0.1, 0.15) is 18.0 Å². The highest BCUT2D eigenvalue weighted by molar-refractivity contribution is 5.83. The highest BCUT2D eigenvalue weighted by Crippen LogP contribution is 2.16. The largest absolute Gasteiger partial charge is 0.354 e. The van der Waals surface area contributed by atoms with E-state index >= 15 is 0 Å². The van der Waals surface area contributed by atoms with Gasteiger partial charge in [-0.2, -0.15) is 5.10 Å². The van der Waals surface area contributed by atoms with E-state index < -0.39 is 6.04 Å². The van der Waals surface area contributed by atoms with Gasteiger partial charge in [-0.15, -0.1) is 5.10 Å². The molecule has 0 aliphatic carbocycles. The van der Waals surface area contributed by atoms with Gasteiger partial charge in [-0.3, -0.25) is 9.48 Å². The Morgan fingerprint density at radius 2 is 2.04 bits per heavy atom. The van der Waals surface area contributed by atoms with Crippen molar-refractivity contribution in [2.24, 2.45) is 0 Å². The molecule has 0 spiro atoms. The molecule has 1 atom stereocenters. The van der Waals surface area contributed by atoms with Crippen LogP contribution in [0, 0.1) is 13.8 Å². The molecule has 130 valence electrons. The summed E-state index contributed by atoms with van der Waals surface area (Å²) in [6, 6.07) is 8.85. The van der Waals surface area contributed by atoms with E-state index in [1.165, 1.54) is 11.0 Å².